The topological polar surface area (TPSA) is 81.2 Å². The maximum Gasteiger partial charge on any atom is 0.397 e. The monoisotopic (exact) mass is 271 g/mol. The Balaban J connectivity index is 2.59. The smallest absolute Gasteiger partial charge is 0.397 e. The van der Waals surface area contributed by atoms with Crippen LogP contribution in [-0.2, 0) is 20.7 Å². The summed E-state index contributed by atoms with van der Waals surface area (Å²) < 4.78 is 4.57. The molecule has 1 heterocycles. The van der Waals surface area contributed by atoms with E-state index < -0.39 is 11.9 Å². The minimum atomic E-state index is -0.912. The van der Waals surface area contributed by atoms with Gasteiger partial charge >= 0.3 is 11.9 Å². The van der Waals surface area contributed by atoms with Crippen molar-refractivity contribution in [2.24, 2.45) is 5.41 Å². The number of esters is 1. The molecule has 0 radical (unpaired) electrons. The van der Waals surface area contributed by atoms with E-state index in [1.807, 2.05) is 0 Å². The first-order valence-electron chi connectivity index (χ1n) is 5.62. The summed E-state index contributed by atoms with van der Waals surface area (Å²) in [4.78, 5) is 22.5. The summed E-state index contributed by atoms with van der Waals surface area (Å²) in [5.41, 5.74) is 0.0992. The molecule has 0 fully saturated rings. The lowest BCUT2D eigenvalue weighted by Gasteiger charge is -2.14. The molecule has 1 aromatic heterocycles. The highest BCUT2D eigenvalue weighted by Crippen LogP contribution is 2.24. The summed E-state index contributed by atoms with van der Waals surface area (Å²) in [6.07, 6.45) is 0.764. The van der Waals surface area contributed by atoms with Crippen LogP contribution in [-0.4, -0.2) is 28.7 Å². The van der Waals surface area contributed by atoms with Crippen molar-refractivity contribution in [2.75, 3.05) is 11.9 Å². The van der Waals surface area contributed by atoms with E-state index >= 15 is 0 Å². The molecule has 1 rings (SSSR count). The zero-order valence-electron chi connectivity index (χ0n) is 10.9. The van der Waals surface area contributed by atoms with Crippen LogP contribution in [0.25, 0.3) is 0 Å². The van der Waals surface area contributed by atoms with Crippen molar-refractivity contribution in [3.05, 3.63) is 5.01 Å². The maximum absolute atomic E-state index is 11.4. The molecule has 0 saturated heterocycles. The van der Waals surface area contributed by atoms with E-state index in [1.54, 1.807) is 6.92 Å². The largest absolute Gasteiger partial charge is 0.459 e. The third-order valence-electron chi connectivity index (χ3n) is 1.83. The van der Waals surface area contributed by atoms with E-state index in [0.29, 0.717) is 5.13 Å². The predicted molar refractivity (Wildman–Crippen MR) is 68.3 cm³/mol. The van der Waals surface area contributed by atoms with Gasteiger partial charge in [0.15, 0.2) is 0 Å². The van der Waals surface area contributed by atoms with Gasteiger partial charge in [0.05, 0.1) is 6.61 Å². The zero-order chi connectivity index (χ0) is 13.8. The Kier molecular flexibility index (Phi) is 4.77. The SMILES string of the molecule is CCOC(=O)C(=O)Nc1nnc(CC(C)(C)C)s1. The van der Waals surface area contributed by atoms with Crippen molar-refractivity contribution >= 4 is 28.3 Å². The first kappa shape index (κ1) is 14.6. The minimum absolute atomic E-state index is 0.0992. The van der Waals surface area contributed by atoms with E-state index in [-0.39, 0.29) is 12.0 Å². The summed E-state index contributed by atoms with van der Waals surface area (Å²) in [5.74, 6) is -1.74. The van der Waals surface area contributed by atoms with Crippen LogP contribution in [0.15, 0.2) is 0 Å². The van der Waals surface area contributed by atoms with Crippen molar-refractivity contribution < 1.29 is 14.3 Å². The minimum Gasteiger partial charge on any atom is -0.459 e. The van der Waals surface area contributed by atoms with Crippen LogP contribution >= 0.6 is 11.3 Å². The van der Waals surface area contributed by atoms with Gasteiger partial charge in [0.25, 0.3) is 0 Å². The molecule has 0 spiro atoms. The number of rotatable bonds is 3. The molecule has 0 bridgehead atoms. The molecule has 7 heteroatoms. The van der Waals surface area contributed by atoms with Crippen molar-refractivity contribution in [3.8, 4) is 0 Å². The summed E-state index contributed by atoms with van der Waals surface area (Å²) in [6.45, 7) is 8.07. The van der Waals surface area contributed by atoms with E-state index in [9.17, 15) is 9.59 Å². The van der Waals surface area contributed by atoms with Crippen LogP contribution < -0.4 is 5.32 Å². The van der Waals surface area contributed by atoms with Gasteiger partial charge < -0.3 is 4.74 Å². The number of ether oxygens (including phenoxy) is 1. The average Bonchev–Trinajstić information content (AvgIpc) is 2.63. The molecule has 0 aliphatic heterocycles. The number of hydrogen-bond donors (Lipinski definition) is 1. The fourth-order valence-corrected chi connectivity index (χ4v) is 2.21. The summed E-state index contributed by atoms with van der Waals surface area (Å²) in [6, 6.07) is 0. The number of anilines is 1. The molecule has 1 aromatic rings. The van der Waals surface area contributed by atoms with Crippen LogP contribution in [0.3, 0.4) is 0 Å². The second kappa shape index (κ2) is 5.90. The summed E-state index contributed by atoms with van der Waals surface area (Å²) >= 11 is 1.26. The summed E-state index contributed by atoms with van der Waals surface area (Å²) in [5, 5.41) is 11.3. The molecule has 18 heavy (non-hydrogen) atoms. The van der Waals surface area contributed by atoms with Crippen molar-refractivity contribution in [3.63, 3.8) is 0 Å². The van der Waals surface area contributed by atoms with Gasteiger partial charge in [-0.3, -0.25) is 10.1 Å². The number of nitrogens with one attached hydrogen (secondary N) is 1. The van der Waals surface area contributed by atoms with E-state index in [2.05, 4.69) is 41.0 Å². The first-order chi connectivity index (χ1) is 8.31. The highest BCUT2D eigenvalue weighted by Gasteiger charge is 2.19. The van der Waals surface area contributed by atoms with Gasteiger partial charge in [-0.2, -0.15) is 0 Å². The molecule has 0 atom stereocenters. The normalized spacial score (nSPS) is 11.1. The Morgan fingerprint density at radius 2 is 2.00 bits per heavy atom. The van der Waals surface area contributed by atoms with Crippen molar-refractivity contribution in [1.82, 2.24) is 10.2 Å². The molecule has 0 unspecified atom stereocenters. The van der Waals surface area contributed by atoms with Crippen LogP contribution in [0.1, 0.15) is 32.7 Å². The second-order valence-corrected chi connectivity index (χ2v) is 5.98. The summed E-state index contributed by atoms with van der Waals surface area (Å²) in [7, 11) is 0. The first-order valence-corrected chi connectivity index (χ1v) is 6.44. The Labute approximate surface area is 110 Å². The lowest BCUT2D eigenvalue weighted by molar-refractivity contribution is -0.152. The molecule has 0 aliphatic carbocycles. The molecule has 0 saturated carbocycles. The Morgan fingerprint density at radius 1 is 1.33 bits per heavy atom. The molecular formula is C11H17N3O3S. The van der Waals surface area contributed by atoms with Gasteiger partial charge in [0, 0.05) is 6.42 Å². The van der Waals surface area contributed by atoms with Gasteiger partial charge in [0.2, 0.25) is 5.13 Å². The number of aromatic nitrogens is 2. The number of amides is 1. The highest BCUT2D eigenvalue weighted by molar-refractivity contribution is 7.15. The molecule has 100 valence electrons. The molecule has 0 aliphatic rings. The number of nitrogens with zero attached hydrogens (tertiary/aromatic N) is 2. The predicted octanol–water partition coefficient (Wildman–Crippen LogP) is 1.63. The van der Waals surface area contributed by atoms with Crippen LogP contribution in [0.2, 0.25) is 0 Å². The van der Waals surface area contributed by atoms with Gasteiger partial charge in [-0.1, -0.05) is 32.1 Å². The third kappa shape index (κ3) is 4.79. The standard InChI is InChI=1S/C11H17N3O3S/c1-5-17-9(16)8(15)12-10-14-13-7(18-10)6-11(2,3)4/h5-6H2,1-4H3,(H,12,14,15). The zero-order valence-corrected chi connectivity index (χ0v) is 11.8. The van der Waals surface area contributed by atoms with Gasteiger partial charge in [-0.15, -0.1) is 10.2 Å². The lowest BCUT2D eigenvalue weighted by atomic mass is 9.93. The van der Waals surface area contributed by atoms with Crippen molar-refractivity contribution in [1.29, 1.82) is 0 Å². The van der Waals surface area contributed by atoms with E-state index in [1.165, 1.54) is 11.3 Å². The van der Waals surface area contributed by atoms with Gasteiger partial charge in [0.1, 0.15) is 5.01 Å². The Bertz CT molecular complexity index is 437. The molecule has 1 N–H and O–H groups in total. The Hall–Kier alpha value is -1.50. The van der Waals surface area contributed by atoms with E-state index in [4.69, 9.17) is 0 Å². The van der Waals surface area contributed by atoms with Crippen LogP contribution in [0, 0.1) is 5.41 Å². The number of carbonyl (C=O) groups excluding carboxylic acids is 2. The fraction of sp³-hybridized carbons (Fsp3) is 0.636. The fourth-order valence-electron chi connectivity index (χ4n) is 1.17. The Morgan fingerprint density at radius 3 is 2.56 bits per heavy atom. The quantitative estimate of drug-likeness (QED) is 0.667. The third-order valence-corrected chi connectivity index (χ3v) is 2.67. The molecule has 1 amide bonds. The number of hydrogen-bond acceptors (Lipinski definition) is 6. The van der Waals surface area contributed by atoms with Crippen LogP contribution in [0.4, 0.5) is 5.13 Å². The maximum atomic E-state index is 11.4. The lowest BCUT2D eigenvalue weighted by Crippen LogP contribution is -2.24. The van der Waals surface area contributed by atoms with Gasteiger partial charge in [-0.05, 0) is 12.3 Å². The molecule has 0 aromatic carbocycles. The van der Waals surface area contributed by atoms with Gasteiger partial charge in [-0.25, -0.2) is 4.79 Å². The van der Waals surface area contributed by atoms with Crippen LogP contribution in [0.5, 0.6) is 0 Å². The molecule has 6 nitrogen and oxygen atoms in total. The van der Waals surface area contributed by atoms with Crippen molar-refractivity contribution in [2.45, 2.75) is 34.1 Å². The second-order valence-electron chi connectivity index (χ2n) is 4.91. The highest BCUT2D eigenvalue weighted by atomic mass is 32.1. The molecular weight excluding hydrogens is 254 g/mol. The number of carbonyl (C=O) groups is 2. The average molecular weight is 271 g/mol. The van der Waals surface area contributed by atoms with E-state index in [0.717, 1.165) is 11.4 Å².